The van der Waals surface area contributed by atoms with Crippen LogP contribution in [0.25, 0.3) is 0 Å². The summed E-state index contributed by atoms with van der Waals surface area (Å²) in [6.07, 6.45) is 1.50. The van der Waals surface area contributed by atoms with Gasteiger partial charge in [0.15, 0.2) is 6.04 Å². The van der Waals surface area contributed by atoms with Gasteiger partial charge in [-0.25, -0.2) is 0 Å². The molecule has 1 atom stereocenters. The van der Waals surface area contributed by atoms with Gasteiger partial charge in [-0.15, -0.1) is 0 Å². The predicted molar refractivity (Wildman–Crippen MR) is 50.5 cm³/mol. The second kappa shape index (κ2) is 2.90. The molecule has 4 nitrogen and oxygen atoms in total. The number of fused-ring (bicyclic) bond motifs is 1. The van der Waals surface area contributed by atoms with Crippen LogP contribution in [-0.4, -0.2) is 12.2 Å². The number of primary amides is 1. The lowest BCUT2D eigenvalue weighted by Crippen LogP contribution is -2.23. The Labute approximate surface area is 75.5 Å². The third-order valence-electron chi connectivity index (χ3n) is 1.97. The minimum atomic E-state index is -0.544. The number of rotatable bonds is 1. The molecule has 1 unspecified atom stereocenters. The molecule has 1 aromatic rings. The fourth-order valence-electron chi connectivity index (χ4n) is 1.36. The van der Waals surface area contributed by atoms with Crippen molar-refractivity contribution in [3.63, 3.8) is 0 Å². The van der Waals surface area contributed by atoms with E-state index >= 15 is 0 Å². The molecular weight excluding hydrogens is 166 g/mol. The van der Waals surface area contributed by atoms with Crippen LogP contribution >= 0.6 is 0 Å². The Balaban J connectivity index is 2.48. The second-order valence-corrected chi connectivity index (χ2v) is 2.81. The van der Waals surface area contributed by atoms with Gasteiger partial charge in [0.1, 0.15) is 0 Å². The lowest BCUT2D eigenvalue weighted by atomic mass is 10.0. The molecule has 1 amide bonds. The fraction of sp³-hybridized carbons (Fsp3) is 0.111. The first-order chi connectivity index (χ1) is 6.29. The first-order valence-electron chi connectivity index (χ1n) is 3.95. The van der Waals surface area contributed by atoms with Crippen molar-refractivity contribution < 1.29 is 4.79 Å². The number of carbonyl (C=O) groups excluding carboxylic acids is 1. The minimum Gasteiger partial charge on any atom is -0.368 e. The van der Waals surface area contributed by atoms with Gasteiger partial charge in [-0.2, -0.15) is 0 Å². The average molecular weight is 175 g/mol. The molecule has 66 valence electrons. The van der Waals surface area contributed by atoms with Gasteiger partial charge in [0, 0.05) is 11.3 Å². The Hall–Kier alpha value is -1.84. The molecule has 0 spiro atoms. The summed E-state index contributed by atoms with van der Waals surface area (Å²) in [5.41, 5.74) is 6.92. The van der Waals surface area contributed by atoms with Crippen LogP contribution in [0.2, 0.25) is 0 Å². The summed E-state index contributed by atoms with van der Waals surface area (Å²) in [4.78, 5) is 15.0. The third-order valence-corrected chi connectivity index (χ3v) is 1.97. The molecule has 0 fully saturated rings. The van der Waals surface area contributed by atoms with Gasteiger partial charge < -0.3 is 11.1 Å². The van der Waals surface area contributed by atoms with Gasteiger partial charge in [-0.1, -0.05) is 18.2 Å². The molecule has 0 saturated carbocycles. The molecule has 0 bridgehead atoms. The van der Waals surface area contributed by atoms with E-state index in [2.05, 4.69) is 10.3 Å². The summed E-state index contributed by atoms with van der Waals surface area (Å²) in [6.45, 7) is 0. The predicted octanol–water partition coefficient (Wildman–Crippen LogP) is 0.667. The van der Waals surface area contributed by atoms with Crippen LogP contribution in [-0.2, 0) is 4.79 Å². The number of anilines is 1. The van der Waals surface area contributed by atoms with Crippen LogP contribution in [0.5, 0.6) is 0 Å². The van der Waals surface area contributed by atoms with Crippen molar-refractivity contribution in [2.45, 2.75) is 6.04 Å². The van der Waals surface area contributed by atoms with Gasteiger partial charge in [0.25, 0.3) is 0 Å². The number of aliphatic imine (C=N–C) groups is 1. The quantitative estimate of drug-likeness (QED) is 0.658. The highest BCUT2D eigenvalue weighted by molar-refractivity contribution is 5.91. The molecular formula is C9H9N3O. The molecule has 0 radical (unpaired) electrons. The van der Waals surface area contributed by atoms with Gasteiger partial charge in [0.2, 0.25) is 5.91 Å². The van der Waals surface area contributed by atoms with Crippen molar-refractivity contribution in [2.75, 3.05) is 5.32 Å². The van der Waals surface area contributed by atoms with E-state index in [4.69, 9.17) is 5.73 Å². The molecule has 1 heterocycles. The number of nitrogens with one attached hydrogen (secondary N) is 1. The lowest BCUT2D eigenvalue weighted by Gasteiger charge is -2.17. The number of para-hydroxylation sites is 1. The largest absolute Gasteiger partial charge is 0.368 e. The highest BCUT2D eigenvalue weighted by Crippen LogP contribution is 2.27. The molecule has 13 heavy (non-hydrogen) atoms. The van der Waals surface area contributed by atoms with Crippen LogP contribution in [0.15, 0.2) is 29.3 Å². The maximum Gasteiger partial charge on any atom is 0.246 e. The van der Waals surface area contributed by atoms with E-state index in [1.807, 2.05) is 24.3 Å². The molecule has 3 N–H and O–H groups in total. The van der Waals surface area contributed by atoms with Gasteiger partial charge in [-0.05, 0) is 6.07 Å². The maximum atomic E-state index is 11.0. The Morgan fingerprint density at radius 2 is 2.23 bits per heavy atom. The van der Waals surface area contributed by atoms with Crippen LogP contribution in [0.3, 0.4) is 0 Å². The van der Waals surface area contributed by atoms with Gasteiger partial charge >= 0.3 is 0 Å². The number of benzene rings is 1. The zero-order valence-electron chi connectivity index (χ0n) is 6.90. The molecule has 1 aromatic carbocycles. The van der Waals surface area contributed by atoms with Crippen molar-refractivity contribution >= 4 is 17.9 Å². The number of hydrogen-bond acceptors (Lipinski definition) is 3. The molecule has 1 aliphatic heterocycles. The van der Waals surface area contributed by atoms with Crippen LogP contribution < -0.4 is 11.1 Å². The zero-order valence-corrected chi connectivity index (χ0v) is 6.90. The lowest BCUT2D eigenvalue weighted by molar-refractivity contribution is -0.119. The molecule has 2 rings (SSSR count). The average Bonchev–Trinajstić information content (AvgIpc) is 2.17. The Kier molecular flexibility index (Phi) is 1.73. The van der Waals surface area contributed by atoms with Crippen molar-refractivity contribution in [3.05, 3.63) is 29.8 Å². The van der Waals surface area contributed by atoms with Crippen molar-refractivity contribution in [2.24, 2.45) is 10.7 Å². The van der Waals surface area contributed by atoms with Gasteiger partial charge in [-0.3, -0.25) is 9.79 Å². The van der Waals surface area contributed by atoms with Crippen LogP contribution in [0, 0.1) is 0 Å². The molecule has 0 aliphatic carbocycles. The van der Waals surface area contributed by atoms with Crippen molar-refractivity contribution in [1.29, 1.82) is 0 Å². The standard InChI is InChI=1S/C9H9N3O/c10-9(13)8-6-3-1-2-4-7(6)11-5-12-8/h1-5,8H,(H2,10,13)(H,11,12). The monoisotopic (exact) mass is 175 g/mol. The Morgan fingerprint density at radius 1 is 1.46 bits per heavy atom. The first-order valence-corrected chi connectivity index (χ1v) is 3.95. The van der Waals surface area contributed by atoms with E-state index in [9.17, 15) is 4.79 Å². The normalized spacial score (nSPS) is 18.9. The molecule has 0 aromatic heterocycles. The fourth-order valence-corrected chi connectivity index (χ4v) is 1.36. The third kappa shape index (κ3) is 1.26. The number of nitrogens with zero attached hydrogens (tertiary/aromatic N) is 1. The highest BCUT2D eigenvalue weighted by atomic mass is 16.1. The minimum absolute atomic E-state index is 0.426. The summed E-state index contributed by atoms with van der Waals surface area (Å²) < 4.78 is 0. The summed E-state index contributed by atoms with van der Waals surface area (Å²) >= 11 is 0. The van der Waals surface area contributed by atoms with Crippen LogP contribution in [0.4, 0.5) is 5.69 Å². The summed E-state index contributed by atoms with van der Waals surface area (Å²) in [6, 6.07) is 6.93. The van der Waals surface area contributed by atoms with Crippen molar-refractivity contribution in [1.82, 2.24) is 0 Å². The maximum absolute atomic E-state index is 11.0. The summed E-state index contributed by atoms with van der Waals surface area (Å²) in [5, 5.41) is 2.95. The highest BCUT2D eigenvalue weighted by Gasteiger charge is 2.21. The van der Waals surface area contributed by atoms with Crippen LogP contribution in [0.1, 0.15) is 11.6 Å². The zero-order chi connectivity index (χ0) is 9.26. The second-order valence-electron chi connectivity index (χ2n) is 2.81. The van der Waals surface area contributed by atoms with E-state index in [1.165, 1.54) is 6.34 Å². The number of amides is 1. The van der Waals surface area contributed by atoms with E-state index < -0.39 is 11.9 Å². The number of hydrogen-bond donors (Lipinski definition) is 2. The Bertz CT molecular complexity index is 373. The van der Waals surface area contributed by atoms with Gasteiger partial charge in [0.05, 0.1) is 6.34 Å². The number of carbonyl (C=O) groups is 1. The molecule has 0 saturated heterocycles. The summed E-state index contributed by atoms with van der Waals surface area (Å²) in [7, 11) is 0. The molecule has 4 heteroatoms. The topological polar surface area (TPSA) is 67.5 Å². The first kappa shape index (κ1) is 7.79. The van der Waals surface area contributed by atoms with Crippen molar-refractivity contribution in [3.8, 4) is 0 Å². The van der Waals surface area contributed by atoms with E-state index in [1.54, 1.807) is 0 Å². The van der Waals surface area contributed by atoms with E-state index in [-0.39, 0.29) is 0 Å². The Morgan fingerprint density at radius 3 is 3.00 bits per heavy atom. The summed E-state index contributed by atoms with van der Waals surface area (Å²) in [5.74, 6) is -0.426. The SMILES string of the molecule is NC(=O)C1N=CNc2ccccc21. The van der Waals surface area contributed by atoms with E-state index in [0.717, 1.165) is 11.3 Å². The number of nitrogens with two attached hydrogens (primary N) is 1. The van der Waals surface area contributed by atoms with E-state index in [0.29, 0.717) is 0 Å². The molecule has 1 aliphatic rings. The smallest absolute Gasteiger partial charge is 0.246 e.